The Labute approximate surface area is 167 Å². The van der Waals surface area contributed by atoms with Crippen molar-refractivity contribution >= 4 is 39.9 Å². The van der Waals surface area contributed by atoms with Crippen LogP contribution in [0.15, 0.2) is 24.3 Å². The van der Waals surface area contributed by atoms with Crippen molar-refractivity contribution in [3.05, 3.63) is 24.3 Å². The normalized spacial score (nSPS) is 12.9. The predicted octanol–water partition coefficient (Wildman–Crippen LogP) is 3.31. The summed E-state index contributed by atoms with van der Waals surface area (Å²) in [6.07, 6.45) is 0.911. The first-order chi connectivity index (χ1) is 13.0. The smallest absolute Gasteiger partial charge is 0.249 e. The molecule has 2 atom stereocenters. The molecule has 0 aliphatic carbocycles. The highest BCUT2D eigenvalue weighted by Gasteiger charge is 2.26. The zero-order valence-corrected chi connectivity index (χ0v) is 17.1. The van der Waals surface area contributed by atoms with Gasteiger partial charge in [0, 0.05) is 17.9 Å². The number of amides is 2. The first-order valence-corrected chi connectivity index (χ1v) is 9.97. The highest BCUT2D eigenvalue weighted by atomic mass is 35.5. The Hall–Kier alpha value is -2.19. The number of ether oxygens (including phenoxy) is 1. The summed E-state index contributed by atoms with van der Waals surface area (Å²) in [6, 6.07) is 6.76. The largest absolute Gasteiger partial charge is 0.497 e. The van der Waals surface area contributed by atoms with Crippen LogP contribution in [0.1, 0.15) is 26.7 Å². The summed E-state index contributed by atoms with van der Waals surface area (Å²) in [6.45, 7) is 3.87. The molecule has 146 valence electrons. The van der Waals surface area contributed by atoms with Gasteiger partial charge in [0.1, 0.15) is 16.8 Å². The van der Waals surface area contributed by atoms with E-state index >= 15 is 0 Å². The van der Waals surface area contributed by atoms with Crippen molar-refractivity contribution in [2.75, 3.05) is 18.3 Å². The number of benzene rings is 1. The number of carbonyl (C=O) groups is 2. The van der Waals surface area contributed by atoms with Gasteiger partial charge in [-0.15, -0.1) is 21.8 Å². The van der Waals surface area contributed by atoms with Crippen molar-refractivity contribution in [3.8, 4) is 16.3 Å². The predicted molar refractivity (Wildman–Crippen MR) is 107 cm³/mol. The zero-order valence-electron chi connectivity index (χ0n) is 15.5. The van der Waals surface area contributed by atoms with Crippen molar-refractivity contribution in [2.45, 2.75) is 32.7 Å². The average Bonchev–Trinajstić information content (AvgIpc) is 3.14. The fourth-order valence-electron chi connectivity index (χ4n) is 2.34. The van der Waals surface area contributed by atoms with Crippen molar-refractivity contribution in [1.29, 1.82) is 0 Å². The van der Waals surface area contributed by atoms with E-state index in [1.165, 1.54) is 11.3 Å². The Balaban J connectivity index is 2.08. The van der Waals surface area contributed by atoms with E-state index in [9.17, 15) is 9.59 Å². The molecule has 1 aromatic heterocycles. The van der Waals surface area contributed by atoms with Gasteiger partial charge in [-0.2, -0.15) is 0 Å². The second kappa shape index (κ2) is 10.2. The lowest BCUT2D eigenvalue weighted by molar-refractivity contribution is -0.127. The third-order valence-corrected chi connectivity index (χ3v) is 5.20. The van der Waals surface area contributed by atoms with E-state index < -0.39 is 6.04 Å². The van der Waals surface area contributed by atoms with E-state index in [4.69, 9.17) is 16.3 Å². The SMILES string of the molecule is CC[C@H](C)[C@H](NC(=O)CCCl)C(=O)Nc1nnc(-c2ccc(OC)cc2)s1. The lowest BCUT2D eigenvalue weighted by atomic mass is 9.98. The van der Waals surface area contributed by atoms with Crippen LogP contribution in [-0.4, -0.2) is 41.0 Å². The van der Waals surface area contributed by atoms with E-state index in [0.29, 0.717) is 10.1 Å². The number of rotatable bonds is 9. The van der Waals surface area contributed by atoms with Crippen molar-refractivity contribution in [2.24, 2.45) is 5.92 Å². The molecule has 0 bridgehead atoms. The maximum Gasteiger partial charge on any atom is 0.249 e. The standard InChI is InChI=1S/C18H23ClN4O3S/c1-4-11(2)15(20-14(24)9-10-19)16(25)21-18-23-22-17(27-18)12-5-7-13(26-3)8-6-12/h5-8,11,15H,4,9-10H2,1-3H3,(H,20,24)(H,21,23,25)/t11-,15-/m0/s1. The molecule has 2 aromatic rings. The molecule has 1 heterocycles. The molecule has 0 aliphatic rings. The summed E-state index contributed by atoms with van der Waals surface area (Å²) in [5.74, 6) is 0.368. The number of hydrogen-bond acceptors (Lipinski definition) is 6. The average molecular weight is 411 g/mol. The molecular formula is C18H23ClN4O3S. The molecule has 0 unspecified atom stereocenters. The van der Waals surface area contributed by atoms with Crippen LogP contribution >= 0.6 is 22.9 Å². The summed E-state index contributed by atoms with van der Waals surface area (Å²) < 4.78 is 5.14. The van der Waals surface area contributed by atoms with Crippen LogP contribution in [0.5, 0.6) is 5.75 Å². The Kier molecular flexibility index (Phi) is 7.99. The van der Waals surface area contributed by atoms with Gasteiger partial charge in [0.05, 0.1) is 7.11 Å². The molecule has 2 N–H and O–H groups in total. The minimum absolute atomic E-state index is 0.0294. The molecule has 0 radical (unpaired) electrons. The number of aromatic nitrogens is 2. The van der Waals surface area contributed by atoms with Gasteiger partial charge in [0.15, 0.2) is 0 Å². The maximum absolute atomic E-state index is 12.6. The molecule has 2 rings (SSSR count). The fraction of sp³-hybridized carbons (Fsp3) is 0.444. The van der Waals surface area contributed by atoms with Crippen LogP contribution in [0.2, 0.25) is 0 Å². The van der Waals surface area contributed by atoms with Crippen LogP contribution in [0, 0.1) is 5.92 Å². The van der Waals surface area contributed by atoms with Crippen molar-refractivity contribution in [1.82, 2.24) is 15.5 Å². The third kappa shape index (κ3) is 5.90. The van der Waals surface area contributed by atoms with Crippen LogP contribution in [-0.2, 0) is 9.59 Å². The highest BCUT2D eigenvalue weighted by Crippen LogP contribution is 2.28. The van der Waals surface area contributed by atoms with Crippen LogP contribution in [0.4, 0.5) is 5.13 Å². The molecule has 9 heteroatoms. The van der Waals surface area contributed by atoms with Gasteiger partial charge in [0.25, 0.3) is 0 Å². The van der Waals surface area contributed by atoms with Crippen LogP contribution in [0.3, 0.4) is 0 Å². The number of nitrogens with zero attached hydrogens (tertiary/aromatic N) is 2. The number of anilines is 1. The minimum atomic E-state index is -0.654. The highest BCUT2D eigenvalue weighted by molar-refractivity contribution is 7.18. The molecule has 0 fully saturated rings. The summed E-state index contributed by atoms with van der Waals surface area (Å²) in [4.78, 5) is 24.5. The van der Waals surface area contributed by atoms with Crippen molar-refractivity contribution < 1.29 is 14.3 Å². The van der Waals surface area contributed by atoms with E-state index in [0.717, 1.165) is 17.7 Å². The maximum atomic E-state index is 12.6. The molecular weight excluding hydrogens is 388 g/mol. The van der Waals surface area contributed by atoms with Gasteiger partial charge in [-0.05, 0) is 30.2 Å². The lowest BCUT2D eigenvalue weighted by Crippen LogP contribution is -2.47. The Bertz CT molecular complexity index is 766. The van der Waals surface area contributed by atoms with Gasteiger partial charge in [-0.3, -0.25) is 14.9 Å². The van der Waals surface area contributed by atoms with Crippen LogP contribution < -0.4 is 15.4 Å². The minimum Gasteiger partial charge on any atom is -0.497 e. The fourth-order valence-corrected chi connectivity index (χ4v) is 3.26. The summed E-state index contributed by atoms with van der Waals surface area (Å²) >= 11 is 6.86. The molecule has 0 aliphatic heterocycles. The molecule has 2 amide bonds. The molecule has 0 spiro atoms. The Morgan fingerprint density at radius 3 is 2.56 bits per heavy atom. The second-order valence-electron chi connectivity index (χ2n) is 6.00. The van der Waals surface area contributed by atoms with Gasteiger partial charge in [-0.1, -0.05) is 31.6 Å². The third-order valence-electron chi connectivity index (χ3n) is 4.13. The molecule has 0 saturated carbocycles. The number of alkyl halides is 1. The number of hydrogen-bond donors (Lipinski definition) is 2. The Morgan fingerprint density at radius 1 is 1.26 bits per heavy atom. The first kappa shape index (κ1) is 21.1. The van der Waals surface area contributed by atoms with Gasteiger partial charge in [-0.25, -0.2) is 0 Å². The van der Waals surface area contributed by atoms with Crippen molar-refractivity contribution in [3.63, 3.8) is 0 Å². The number of methoxy groups -OCH3 is 1. The quantitative estimate of drug-likeness (QED) is 0.618. The van der Waals surface area contributed by atoms with E-state index in [2.05, 4.69) is 20.8 Å². The molecule has 0 saturated heterocycles. The molecule has 7 nitrogen and oxygen atoms in total. The summed E-state index contributed by atoms with van der Waals surface area (Å²) in [5, 5.41) is 14.7. The summed E-state index contributed by atoms with van der Waals surface area (Å²) in [7, 11) is 1.60. The lowest BCUT2D eigenvalue weighted by Gasteiger charge is -2.22. The van der Waals surface area contributed by atoms with E-state index in [-0.39, 0.29) is 30.0 Å². The molecule has 1 aromatic carbocycles. The number of halogens is 1. The monoisotopic (exact) mass is 410 g/mol. The zero-order chi connectivity index (χ0) is 19.8. The van der Waals surface area contributed by atoms with Gasteiger partial charge < -0.3 is 10.1 Å². The van der Waals surface area contributed by atoms with E-state index in [1.54, 1.807) is 7.11 Å². The van der Waals surface area contributed by atoms with Gasteiger partial charge in [0.2, 0.25) is 16.9 Å². The first-order valence-electron chi connectivity index (χ1n) is 8.62. The van der Waals surface area contributed by atoms with Crippen LogP contribution in [0.25, 0.3) is 10.6 Å². The number of carbonyl (C=O) groups excluding carboxylic acids is 2. The number of nitrogens with one attached hydrogen (secondary N) is 2. The topological polar surface area (TPSA) is 93.2 Å². The van der Waals surface area contributed by atoms with Gasteiger partial charge >= 0.3 is 0 Å². The van der Waals surface area contributed by atoms with E-state index in [1.807, 2.05) is 38.1 Å². The summed E-state index contributed by atoms with van der Waals surface area (Å²) in [5.41, 5.74) is 0.877. The Morgan fingerprint density at radius 2 is 1.96 bits per heavy atom. The second-order valence-corrected chi connectivity index (χ2v) is 7.36. The molecule has 27 heavy (non-hydrogen) atoms.